The molecule has 0 aliphatic carbocycles. The molecule has 0 spiro atoms. The van der Waals surface area contributed by atoms with Crippen LogP contribution in [0.2, 0.25) is 0 Å². The van der Waals surface area contributed by atoms with Gasteiger partial charge in [0.2, 0.25) is 5.91 Å². The van der Waals surface area contributed by atoms with Crippen LogP contribution in [0, 0.1) is 0 Å². The number of sulfone groups is 1. The monoisotopic (exact) mass is 384 g/mol. The van der Waals surface area contributed by atoms with Gasteiger partial charge in [0.1, 0.15) is 4.75 Å². The van der Waals surface area contributed by atoms with Gasteiger partial charge in [0.05, 0.1) is 12.4 Å². The summed E-state index contributed by atoms with van der Waals surface area (Å²) in [5, 5.41) is 14.6. The lowest BCUT2D eigenvalue weighted by atomic mass is 10.2. The molecule has 0 aliphatic rings. The summed E-state index contributed by atoms with van der Waals surface area (Å²) < 4.78 is 63.7. The molecule has 1 heterocycles. The number of alkyl halides is 3. The quantitative estimate of drug-likeness (QED) is 0.711. The van der Waals surface area contributed by atoms with Gasteiger partial charge in [0.15, 0.2) is 21.4 Å². The highest BCUT2D eigenvalue weighted by atomic mass is 32.2. The maximum absolute atomic E-state index is 12.2. The van der Waals surface area contributed by atoms with E-state index in [-0.39, 0.29) is 17.2 Å². The van der Waals surface area contributed by atoms with E-state index in [1.54, 1.807) is 0 Å². The highest BCUT2D eigenvalue weighted by Gasteiger charge is 2.42. The fourth-order valence-electron chi connectivity index (χ4n) is 1.70. The summed E-state index contributed by atoms with van der Waals surface area (Å²) in [6.07, 6.45) is -6.35. The summed E-state index contributed by atoms with van der Waals surface area (Å²) in [5.74, 6) is -1.75. The molecule has 0 radical (unpaired) electrons. The molecule has 0 bridgehead atoms. The molecule has 1 amide bonds. The minimum absolute atomic E-state index is 0.101. The van der Waals surface area contributed by atoms with E-state index in [4.69, 9.17) is 9.63 Å². The van der Waals surface area contributed by atoms with Crippen molar-refractivity contribution in [2.75, 3.05) is 17.7 Å². The molecule has 0 unspecified atom stereocenters. The number of aliphatic hydroxyl groups excluding tert-OH is 1. The van der Waals surface area contributed by atoms with Gasteiger partial charge in [-0.25, -0.2) is 8.42 Å². The fraction of sp³-hybridized carbons (Fsp3) is 0.571. The predicted molar refractivity (Wildman–Crippen MR) is 84.4 cm³/mol. The zero-order chi connectivity index (χ0) is 19.5. The first-order chi connectivity index (χ1) is 11.3. The minimum atomic E-state index is -4.46. The third kappa shape index (κ3) is 5.56. The summed E-state index contributed by atoms with van der Waals surface area (Å²) in [4.78, 5) is 12.2. The van der Waals surface area contributed by atoms with Gasteiger partial charge < -0.3 is 14.9 Å². The Morgan fingerprint density at radius 2 is 2.00 bits per heavy atom. The first-order valence-electron chi connectivity index (χ1n) is 7.16. The van der Waals surface area contributed by atoms with Crippen LogP contribution in [0.25, 0.3) is 5.57 Å². The van der Waals surface area contributed by atoms with Gasteiger partial charge in [-0.15, -0.1) is 0 Å². The van der Waals surface area contributed by atoms with Gasteiger partial charge in [-0.2, -0.15) is 13.2 Å². The molecule has 1 rings (SSSR count). The fourth-order valence-corrected chi connectivity index (χ4v) is 3.07. The van der Waals surface area contributed by atoms with Crippen LogP contribution in [0.3, 0.4) is 0 Å². The van der Waals surface area contributed by atoms with E-state index in [1.807, 2.05) is 0 Å². The number of rotatable bonds is 8. The summed E-state index contributed by atoms with van der Waals surface area (Å²) in [6, 6.07) is 1.24. The van der Waals surface area contributed by atoms with Crippen molar-refractivity contribution >= 4 is 27.1 Å². The lowest BCUT2D eigenvalue weighted by Crippen LogP contribution is -2.45. The van der Waals surface area contributed by atoms with E-state index < -0.39 is 51.9 Å². The molecule has 142 valence electrons. The largest absolute Gasteiger partial charge is 0.392 e. The second kappa shape index (κ2) is 7.56. The van der Waals surface area contributed by atoms with Gasteiger partial charge in [-0.3, -0.25) is 4.79 Å². The Morgan fingerprint density at radius 1 is 1.40 bits per heavy atom. The number of carbonyl (C=O) groups is 1. The van der Waals surface area contributed by atoms with Crippen molar-refractivity contribution in [1.29, 1.82) is 0 Å². The Hall–Kier alpha value is -1.88. The lowest BCUT2D eigenvalue weighted by Gasteiger charge is -2.23. The molecule has 7 nitrogen and oxygen atoms in total. The van der Waals surface area contributed by atoms with Crippen LogP contribution < -0.4 is 5.32 Å². The number of anilines is 1. The number of nitrogens with one attached hydrogen (secondary N) is 1. The van der Waals surface area contributed by atoms with Crippen molar-refractivity contribution in [3.8, 4) is 0 Å². The summed E-state index contributed by atoms with van der Waals surface area (Å²) >= 11 is 0. The Labute approximate surface area is 142 Å². The van der Waals surface area contributed by atoms with Crippen LogP contribution in [-0.4, -0.2) is 47.9 Å². The molecule has 0 saturated heterocycles. The van der Waals surface area contributed by atoms with Crippen LogP contribution in [-0.2, 0) is 14.6 Å². The lowest BCUT2D eigenvalue weighted by molar-refractivity contribution is -0.134. The number of aliphatic hydroxyl groups is 1. The average molecular weight is 384 g/mol. The SMILES string of the molecule is C=C(CO)c1cc(NC(=O)C(C)(C)S(=O)(=O)CCCC(F)(F)F)no1. The standard InChI is InChI=1S/C14H19F3N2O5S/c1-9(8-20)10-7-11(19-24-10)18-12(21)13(2,3)25(22,23)6-4-5-14(15,16)17/h7,20H,1,4-6,8H2,2-3H3,(H,18,19,21). The number of aromatic nitrogens is 1. The maximum Gasteiger partial charge on any atom is 0.389 e. The molecule has 0 aromatic carbocycles. The van der Waals surface area contributed by atoms with Gasteiger partial charge in [-0.05, 0) is 20.3 Å². The smallest absolute Gasteiger partial charge is 0.389 e. The molecule has 25 heavy (non-hydrogen) atoms. The number of amides is 1. The average Bonchev–Trinajstić information content (AvgIpc) is 2.93. The number of halogens is 3. The zero-order valence-corrected chi connectivity index (χ0v) is 14.5. The van der Waals surface area contributed by atoms with Crippen molar-refractivity contribution < 1.29 is 36.0 Å². The summed E-state index contributed by atoms with van der Waals surface area (Å²) in [6.45, 7) is 5.28. The molecular weight excluding hydrogens is 365 g/mol. The third-order valence-electron chi connectivity index (χ3n) is 3.49. The van der Waals surface area contributed by atoms with E-state index in [1.165, 1.54) is 6.07 Å². The van der Waals surface area contributed by atoms with Crippen LogP contribution in [0.1, 0.15) is 32.4 Å². The second-order valence-electron chi connectivity index (χ2n) is 5.84. The third-order valence-corrected chi connectivity index (χ3v) is 6.06. The predicted octanol–water partition coefficient (Wildman–Crippen LogP) is 2.15. The zero-order valence-electron chi connectivity index (χ0n) is 13.7. The van der Waals surface area contributed by atoms with E-state index in [2.05, 4.69) is 17.1 Å². The number of hydrogen-bond acceptors (Lipinski definition) is 6. The summed E-state index contributed by atoms with van der Waals surface area (Å²) in [5.41, 5.74) is 0.201. The highest BCUT2D eigenvalue weighted by molar-refractivity contribution is 7.93. The Balaban J connectivity index is 2.80. The first-order valence-corrected chi connectivity index (χ1v) is 8.81. The molecule has 0 aliphatic heterocycles. The molecule has 0 saturated carbocycles. The highest BCUT2D eigenvalue weighted by Crippen LogP contribution is 2.26. The number of carbonyl (C=O) groups excluding carboxylic acids is 1. The normalized spacial score (nSPS) is 12.9. The van der Waals surface area contributed by atoms with Gasteiger partial charge in [0, 0.05) is 18.1 Å². The van der Waals surface area contributed by atoms with E-state index in [0.29, 0.717) is 0 Å². The molecular formula is C14H19F3N2O5S. The second-order valence-corrected chi connectivity index (χ2v) is 8.50. The van der Waals surface area contributed by atoms with E-state index >= 15 is 0 Å². The summed E-state index contributed by atoms with van der Waals surface area (Å²) in [7, 11) is -4.14. The van der Waals surface area contributed by atoms with Crippen LogP contribution in [0.5, 0.6) is 0 Å². The van der Waals surface area contributed by atoms with Crippen LogP contribution in [0.4, 0.5) is 19.0 Å². The number of hydrogen-bond donors (Lipinski definition) is 2. The van der Waals surface area contributed by atoms with E-state index in [0.717, 1.165) is 13.8 Å². The van der Waals surface area contributed by atoms with E-state index in [9.17, 15) is 26.4 Å². The minimum Gasteiger partial charge on any atom is -0.392 e. The van der Waals surface area contributed by atoms with Crippen molar-refractivity contribution in [1.82, 2.24) is 5.16 Å². The van der Waals surface area contributed by atoms with Gasteiger partial charge in [-0.1, -0.05) is 11.7 Å². The van der Waals surface area contributed by atoms with Gasteiger partial charge in [0.25, 0.3) is 0 Å². The topological polar surface area (TPSA) is 110 Å². The first kappa shape index (κ1) is 21.2. The van der Waals surface area contributed by atoms with Crippen molar-refractivity contribution in [2.45, 2.75) is 37.6 Å². The van der Waals surface area contributed by atoms with Gasteiger partial charge >= 0.3 is 6.18 Å². The Kier molecular flexibility index (Phi) is 6.40. The van der Waals surface area contributed by atoms with Crippen LogP contribution >= 0.6 is 0 Å². The Morgan fingerprint density at radius 3 is 2.52 bits per heavy atom. The number of nitrogens with zero attached hydrogens (tertiary/aromatic N) is 1. The van der Waals surface area contributed by atoms with Crippen LogP contribution in [0.15, 0.2) is 17.2 Å². The Bertz CT molecular complexity index is 738. The molecule has 0 atom stereocenters. The maximum atomic E-state index is 12.2. The van der Waals surface area contributed by atoms with Crippen molar-refractivity contribution in [3.63, 3.8) is 0 Å². The molecule has 0 fully saturated rings. The molecule has 11 heteroatoms. The molecule has 1 aromatic rings. The van der Waals surface area contributed by atoms with Crippen molar-refractivity contribution in [3.05, 3.63) is 18.4 Å². The molecule has 1 aromatic heterocycles. The van der Waals surface area contributed by atoms with Crippen molar-refractivity contribution in [2.24, 2.45) is 0 Å². The molecule has 2 N–H and O–H groups in total.